The summed E-state index contributed by atoms with van der Waals surface area (Å²) in [5.74, 6) is -0.0742. The van der Waals surface area contributed by atoms with Crippen LogP contribution in [-0.2, 0) is 6.18 Å². The number of halogens is 4. The normalized spacial score (nSPS) is 20.2. The van der Waals surface area contributed by atoms with Crippen molar-refractivity contribution in [3.8, 4) is 0 Å². The van der Waals surface area contributed by atoms with Gasteiger partial charge < -0.3 is 5.32 Å². The van der Waals surface area contributed by atoms with Gasteiger partial charge in [-0.05, 0) is 98.5 Å². The van der Waals surface area contributed by atoms with E-state index >= 15 is 0 Å². The summed E-state index contributed by atoms with van der Waals surface area (Å²) in [6.07, 6.45) is 0.972. The van der Waals surface area contributed by atoms with Gasteiger partial charge in [-0.2, -0.15) is 13.2 Å². The predicted molar refractivity (Wildman–Crippen MR) is 115 cm³/mol. The van der Waals surface area contributed by atoms with Crippen LogP contribution in [0, 0.1) is 11.7 Å². The molecule has 1 aromatic heterocycles. The number of nitrogens with zero attached hydrogens (tertiary/aromatic N) is 1. The molecule has 1 atom stereocenters. The van der Waals surface area contributed by atoms with E-state index in [0.29, 0.717) is 5.92 Å². The minimum Gasteiger partial charge on any atom is -0.349 e. The Morgan fingerprint density at radius 2 is 1.72 bits per heavy atom. The number of benzene rings is 2. The van der Waals surface area contributed by atoms with Crippen LogP contribution >= 0.6 is 0 Å². The van der Waals surface area contributed by atoms with Gasteiger partial charge in [0, 0.05) is 23.2 Å². The number of aromatic nitrogens is 1. The Morgan fingerprint density at radius 1 is 1.03 bits per heavy atom. The molecule has 4 rings (SSSR count). The van der Waals surface area contributed by atoms with Crippen molar-refractivity contribution >= 4 is 16.8 Å². The van der Waals surface area contributed by atoms with Gasteiger partial charge in [0.1, 0.15) is 5.82 Å². The monoisotopic (exact) mass is 444 g/mol. The maximum atomic E-state index is 13.8. The molecule has 32 heavy (non-hydrogen) atoms. The van der Waals surface area contributed by atoms with Crippen molar-refractivity contribution in [3.63, 3.8) is 0 Å². The third kappa shape index (κ3) is 4.76. The first kappa shape index (κ1) is 22.2. The predicted octanol–water partition coefficient (Wildman–Crippen LogP) is 6.49. The van der Waals surface area contributed by atoms with Crippen molar-refractivity contribution in [1.82, 2.24) is 10.3 Å². The largest absolute Gasteiger partial charge is 0.416 e. The number of fused-ring (bicyclic) bond motifs is 1. The van der Waals surface area contributed by atoms with E-state index in [1.165, 1.54) is 24.3 Å². The third-order valence-corrected chi connectivity index (χ3v) is 6.49. The molecule has 0 aliphatic heterocycles. The van der Waals surface area contributed by atoms with E-state index in [4.69, 9.17) is 0 Å². The number of nitrogens with one attached hydrogen (secondary N) is 1. The molecule has 1 fully saturated rings. The van der Waals surface area contributed by atoms with Crippen LogP contribution in [0.4, 0.5) is 17.6 Å². The van der Waals surface area contributed by atoms with Crippen LogP contribution in [0.15, 0.2) is 54.7 Å². The van der Waals surface area contributed by atoms with E-state index in [-0.39, 0.29) is 29.2 Å². The number of carbonyl (C=O) groups is 1. The number of hydrogen-bond donors (Lipinski definition) is 1. The van der Waals surface area contributed by atoms with E-state index in [1.54, 1.807) is 12.3 Å². The molecule has 1 amide bonds. The van der Waals surface area contributed by atoms with E-state index in [1.807, 2.05) is 13.0 Å². The molecule has 0 radical (unpaired) electrons. The van der Waals surface area contributed by atoms with Crippen molar-refractivity contribution in [2.45, 2.75) is 50.7 Å². The summed E-state index contributed by atoms with van der Waals surface area (Å²) in [5.41, 5.74) is 1.32. The molecule has 0 spiro atoms. The standard InChI is InChI=1S/C25H24F4N2O/c1-15(31-24(32)18-6-8-19(9-7-18)25(27,28)29)16-2-4-17(5-3-16)21-12-13-30-23-11-10-20(26)14-22(21)23/h6-17H,2-5H2,1H3,(H,31,32)/t15-,16-,17-/m1/s1. The summed E-state index contributed by atoms with van der Waals surface area (Å²) in [4.78, 5) is 16.8. The summed E-state index contributed by atoms with van der Waals surface area (Å²) in [6.45, 7) is 1.93. The van der Waals surface area contributed by atoms with Crippen LogP contribution in [0.5, 0.6) is 0 Å². The van der Waals surface area contributed by atoms with E-state index in [2.05, 4.69) is 10.3 Å². The van der Waals surface area contributed by atoms with Gasteiger partial charge in [-0.3, -0.25) is 9.78 Å². The molecule has 7 heteroatoms. The number of pyridine rings is 1. The fraction of sp³-hybridized carbons (Fsp3) is 0.360. The average molecular weight is 444 g/mol. The number of rotatable bonds is 4. The molecule has 168 valence electrons. The van der Waals surface area contributed by atoms with Crippen LogP contribution in [-0.4, -0.2) is 16.9 Å². The van der Waals surface area contributed by atoms with E-state index < -0.39 is 11.7 Å². The summed E-state index contributed by atoms with van der Waals surface area (Å²) in [5, 5.41) is 3.78. The number of hydrogen-bond acceptors (Lipinski definition) is 2. The van der Waals surface area contributed by atoms with Crippen LogP contribution in [0.25, 0.3) is 10.9 Å². The second-order valence-electron chi connectivity index (χ2n) is 8.51. The Hall–Kier alpha value is -2.96. The summed E-state index contributed by atoms with van der Waals surface area (Å²) in [7, 11) is 0. The fourth-order valence-electron chi connectivity index (χ4n) is 4.64. The lowest BCUT2D eigenvalue weighted by atomic mass is 9.75. The first-order valence-electron chi connectivity index (χ1n) is 10.7. The van der Waals surface area contributed by atoms with Crippen molar-refractivity contribution < 1.29 is 22.4 Å². The lowest BCUT2D eigenvalue weighted by Crippen LogP contribution is -2.39. The van der Waals surface area contributed by atoms with Gasteiger partial charge in [0.25, 0.3) is 5.91 Å². The minimum absolute atomic E-state index is 0.0997. The van der Waals surface area contributed by atoms with Gasteiger partial charge in [0.2, 0.25) is 0 Å². The molecule has 0 bridgehead atoms. The number of alkyl halides is 3. The van der Waals surface area contributed by atoms with Gasteiger partial charge in [-0.15, -0.1) is 0 Å². The number of amides is 1. The zero-order chi connectivity index (χ0) is 22.9. The Bertz CT molecular complexity index is 1100. The van der Waals surface area contributed by atoms with Crippen molar-refractivity contribution in [3.05, 3.63) is 77.2 Å². The van der Waals surface area contributed by atoms with Crippen molar-refractivity contribution in [2.24, 2.45) is 5.92 Å². The Labute approximate surface area is 183 Å². The average Bonchev–Trinajstić information content (AvgIpc) is 2.78. The highest BCUT2D eigenvalue weighted by molar-refractivity contribution is 5.94. The molecule has 3 aromatic rings. The topological polar surface area (TPSA) is 42.0 Å². The van der Waals surface area contributed by atoms with Crippen LogP contribution < -0.4 is 5.32 Å². The maximum absolute atomic E-state index is 13.8. The molecule has 1 heterocycles. The SMILES string of the molecule is C[C@@H](NC(=O)c1ccc(C(F)(F)F)cc1)[C@H]1CC[C@H](c2ccnc3ccc(F)cc32)CC1. The van der Waals surface area contributed by atoms with E-state index in [0.717, 1.165) is 54.3 Å². The summed E-state index contributed by atoms with van der Waals surface area (Å²) >= 11 is 0. The van der Waals surface area contributed by atoms with Crippen molar-refractivity contribution in [2.75, 3.05) is 0 Å². The quantitative estimate of drug-likeness (QED) is 0.468. The zero-order valence-electron chi connectivity index (χ0n) is 17.6. The van der Waals surface area contributed by atoms with Crippen LogP contribution in [0.1, 0.15) is 60.0 Å². The van der Waals surface area contributed by atoms with Crippen LogP contribution in [0.2, 0.25) is 0 Å². The van der Waals surface area contributed by atoms with Gasteiger partial charge in [0.05, 0.1) is 11.1 Å². The smallest absolute Gasteiger partial charge is 0.349 e. The molecule has 1 aliphatic carbocycles. The van der Waals surface area contributed by atoms with E-state index in [9.17, 15) is 22.4 Å². The van der Waals surface area contributed by atoms with Crippen LogP contribution in [0.3, 0.4) is 0 Å². The first-order valence-corrected chi connectivity index (χ1v) is 10.7. The second kappa shape index (κ2) is 8.88. The lowest BCUT2D eigenvalue weighted by Gasteiger charge is -2.33. The third-order valence-electron chi connectivity index (χ3n) is 6.49. The van der Waals surface area contributed by atoms with Gasteiger partial charge >= 0.3 is 6.18 Å². The Morgan fingerprint density at radius 3 is 2.38 bits per heavy atom. The highest BCUT2D eigenvalue weighted by Crippen LogP contribution is 2.39. The zero-order valence-corrected chi connectivity index (χ0v) is 17.6. The molecule has 3 nitrogen and oxygen atoms in total. The first-order chi connectivity index (χ1) is 15.2. The lowest BCUT2D eigenvalue weighted by molar-refractivity contribution is -0.137. The maximum Gasteiger partial charge on any atom is 0.416 e. The molecule has 0 saturated heterocycles. The highest BCUT2D eigenvalue weighted by Gasteiger charge is 2.31. The molecule has 0 unspecified atom stereocenters. The van der Waals surface area contributed by atoms with Gasteiger partial charge in [0.15, 0.2) is 0 Å². The van der Waals surface area contributed by atoms with Gasteiger partial charge in [-0.1, -0.05) is 0 Å². The summed E-state index contributed by atoms with van der Waals surface area (Å²) in [6, 6.07) is 10.8. The van der Waals surface area contributed by atoms with Gasteiger partial charge in [-0.25, -0.2) is 4.39 Å². The Kier molecular flexibility index (Phi) is 6.17. The molecule has 1 N–H and O–H groups in total. The highest BCUT2D eigenvalue weighted by atomic mass is 19.4. The molecule has 2 aromatic carbocycles. The molecule has 1 aliphatic rings. The molecular formula is C25H24F4N2O. The summed E-state index contributed by atoms with van der Waals surface area (Å²) < 4.78 is 51.9. The molecular weight excluding hydrogens is 420 g/mol. The second-order valence-corrected chi connectivity index (χ2v) is 8.51. The fourth-order valence-corrected chi connectivity index (χ4v) is 4.64. The Balaban J connectivity index is 1.37. The molecule has 1 saturated carbocycles. The van der Waals surface area contributed by atoms with Crippen molar-refractivity contribution in [1.29, 1.82) is 0 Å². The number of carbonyl (C=O) groups excluding carboxylic acids is 1. The minimum atomic E-state index is -4.42.